The van der Waals surface area contributed by atoms with Crippen molar-refractivity contribution in [2.45, 2.75) is 32.6 Å². The molecular weight excluding hydrogens is 289 g/mol. The standard InChI is InChI=1S/C11H15BrClN3/c1-2-11(4-3-5-11)6-14-10-8(12)9(13)15-7-16-10/h7H,2-6H2,1H3,(H,14,15,16). The Morgan fingerprint density at radius 3 is 2.81 bits per heavy atom. The Hall–Kier alpha value is -0.350. The zero-order chi connectivity index (χ0) is 11.6. The molecule has 16 heavy (non-hydrogen) atoms. The van der Waals surface area contributed by atoms with Gasteiger partial charge in [0.05, 0.1) is 4.47 Å². The van der Waals surface area contributed by atoms with Crippen molar-refractivity contribution in [3.05, 3.63) is 16.0 Å². The number of halogens is 2. The van der Waals surface area contributed by atoms with E-state index in [4.69, 9.17) is 11.6 Å². The number of nitrogens with zero attached hydrogens (tertiary/aromatic N) is 2. The highest BCUT2D eigenvalue weighted by Crippen LogP contribution is 2.44. The van der Waals surface area contributed by atoms with Gasteiger partial charge in [-0.2, -0.15) is 0 Å². The molecule has 88 valence electrons. The van der Waals surface area contributed by atoms with Crippen LogP contribution in [0.5, 0.6) is 0 Å². The van der Waals surface area contributed by atoms with Crippen LogP contribution >= 0.6 is 27.5 Å². The SMILES string of the molecule is CCC1(CNc2ncnc(Cl)c2Br)CCC1. The highest BCUT2D eigenvalue weighted by Gasteiger charge is 2.34. The smallest absolute Gasteiger partial charge is 0.148 e. The fourth-order valence-corrected chi connectivity index (χ4v) is 2.55. The molecule has 1 saturated carbocycles. The third-order valence-corrected chi connectivity index (χ3v) is 4.81. The van der Waals surface area contributed by atoms with Crippen molar-refractivity contribution in [2.24, 2.45) is 5.41 Å². The van der Waals surface area contributed by atoms with Crippen LogP contribution in [0.3, 0.4) is 0 Å². The number of hydrogen-bond donors (Lipinski definition) is 1. The van der Waals surface area contributed by atoms with E-state index in [1.54, 1.807) is 0 Å². The minimum absolute atomic E-state index is 0.455. The van der Waals surface area contributed by atoms with E-state index in [1.807, 2.05) is 0 Å². The second kappa shape index (κ2) is 4.88. The monoisotopic (exact) mass is 303 g/mol. The van der Waals surface area contributed by atoms with Crippen molar-refractivity contribution < 1.29 is 0 Å². The Labute approximate surface area is 109 Å². The van der Waals surface area contributed by atoms with Crippen molar-refractivity contribution in [1.82, 2.24) is 9.97 Å². The first kappa shape index (κ1) is 12.1. The molecule has 0 aliphatic heterocycles. The summed E-state index contributed by atoms with van der Waals surface area (Å²) in [6, 6.07) is 0. The molecule has 0 amide bonds. The molecule has 1 N–H and O–H groups in total. The van der Waals surface area contributed by atoms with E-state index >= 15 is 0 Å². The fourth-order valence-electron chi connectivity index (χ4n) is 2.07. The lowest BCUT2D eigenvalue weighted by Crippen LogP contribution is -2.36. The molecule has 3 nitrogen and oxygen atoms in total. The summed E-state index contributed by atoms with van der Waals surface area (Å²) in [5.74, 6) is 0.791. The summed E-state index contributed by atoms with van der Waals surface area (Å²) in [6.45, 7) is 3.22. The predicted octanol–water partition coefficient (Wildman–Crippen LogP) is 3.88. The van der Waals surface area contributed by atoms with E-state index in [-0.39, 0.29) is 0 Å². The Bertz CT molecular complexity index is 374. The van der Waals surface area contributed by atoms with Crippen molar-refractivity contribution in [3.63, 3.8) is 0 Å². The van der Waals surface area contributed by atoms with Gasteiger partial charge in [0.2, 0.25) is 0 Å². The van der Waals surface area contributed by atoms with E-state index in [1.165, 1.54) is 32.0 Å². The van der Waals surface area contributed by atoms with Crippen molar-refractivity contribution in [3.8, 4) is 0 Å². The molecule has 1 aliphatic carbocycles. The minimum atomic E-state index is 0.455. The summed E-state index contributed by atoms with van der Waals surface area (Å²) in [7, 11) is 0. The summed E-state index contributed by atoms with van der Waals surface area (Å²) in [5, 5.41) is 3.82. The normalized spacial score (nSPS) is 17.9. The van der Waals surface area contributed by atoms with Crippen LogP contribution < -0.4 is 5.32 Å². The molecule has 0 atom stereocenters. The number of nitrogens with one attached hydrogen (secondary N) is 1. The number of rotatable bonds is 4. The van der Waals surface area contributed by atoms with Gasteiger partial charge in [-0.25, -0.2) is 9.97 Å². The molecule has 0 aromatic carbocycles. The third-order valence-electron chi connectivity index (χ3n) is 3.54. The summed E-state index contributed by atoms with van der Waals surface area (Å²) >= 11 is 9.30. The molecule has 0 radical (unpaired) electrons. The van der Waals surface area contributed by atoms with Crippen LogP contribution in [0.1, 0.15) is 32.6 Å². The molecule has 0 unspecified atom stereocenters. The fraction of sp³-hybridized carbons (Fsp3) is 0.636. The van der Waals surface area contributed by atoms with Gasteiger partial charge in [-0.15, -0.1) is 0 Å². The molecule has 0 saturated heterocycles. The van der Waals surface area contributed by atoms with E-state index in [0.29, 0.717) is 10.6 Å². The van der Waals surface area contributed by atoms with Gasteiger partial charge in [-0.3, -0.25) is 0 Å². The van der Waals surface area contributed by atoms with Gasteiger partial charge in [0.1, 0.15) is 17.3 Å². The van der Waals surface area contributed by atoms with E-state index in [9.17, 15) is 0 Å². The quantitative estimate of drug-likeness (QED) is 0.858. The van der Waals surface area contributed by atoms with Crippen LogP contribution in [-0.4, -0.2) is 16.5 Å². The van der Waals surface area contributed by atoms with Crippen LogP contribution in [0.4, 0.5) is 5.82 Å². The summed E-state index contributed by atoms with van der Waals surface area (Å²) in [5.41, 5.74) is 0.469. The molecule has 0 spiro atoms. The average Bonchev–Trinajstić information content (AvgIpc) is 2.23. The lowest BCUT2D eigenvalue weighted by atomic mass is 9.67. The second-order valence-electron chi connectivity index (χ2n) is 4.39. The number of anilines is 1. The van der Waals surface area contributed by atoms with Crippen molar-refractivity contribution in [1.29, 1.82) is 0 Å². The molecule has 2 rings (SSSR count). The molecule has 5 heteroatoms. The summed E-state index contributed by atoms with van der Waals surface area (Å²) in [6.07, 6.45) is 6.67. The first-order valence-corrected chi connectivity index (χ1v) is 6.74. The van der Waals surface area contributed by atoms with Crippen LogP contribution in [-0.2, 0) is 0 Å². The predicted molar refractivity (Wildman–Crippen MR) is 69.8 cm³/mol. The van der Waals surface area contributed by atoms with Gasteiger partial charge < -0.3 is 5.32 Å². The van der Waals surface area contributed by atoms with Gasteiger partial charge in [0.25, 0.3) is 0 Å². The van der Waals surface area contributed by atoms with Gasteiger partial charge in [-0.05, 0) is 40.6 Å². The highest BCUT2D eigenvalue weighted by molar-refractivity contribution is 9.10. The lowest BCUT2D eigenvalue weighted by molar-refractivity contribution is 0.145. The Balaban J connectivity index is 2.02. The van der Waals surface area contributed by atoms with Crippen LogP contribution in [0.15, 0.2) is 10.8 Å². The minimum Gasteiger partial charge on any atom is -0.368 e. The van der Waals surface area contributed by atoms with Gasteiger partial charge in [0.15, 0.2) is 0 Å². The molecule has 1 fully saturated rings. The van der Waals surface area contributed by atoms with E-state index < -0.39 is 0 Å². The number of aromatic nitrogens is 2. The molecule has 1 heterocycles. The average molecular weight is 305 g/mol. The highest BCUT2D eigenvalue weighted by atomic mass is 79.9. The molecular formula is C11H15BrClN3. The maximum absolute atomic E-state index is 5.91. The third kappa shape index (κ3) is 2.33. The van der Waals surface area contributed by atoms with Crippen LogP contribution in [0.2, 0.25) is 5.15 Å². The van der Waals surface area contributed by atoms with Crippen LogP contribution in [0, 0.1) is 5.41 Å². The lowest BCUT2D eigenvalue weighted by Gasteiger charge is -2.41. The van der Waals surface area contributed by atoms with E-state index in [0.717, 1.165) is 16.8 Å². The van der Waals surface area contributed by atoms with Crippen LogP contribution in [0.25, 0.3) is 0 Å². The molecule has 1 aromatic heterocycles. The maximum Gasteiger partial charge on any atom is 0.148 e. The van der Waals surface area contributed by atoms with Crippen molar-refractivity contribution >= 4 is 33.3 Å². The van der Waals surface area contributed by atoms with E-state index in [2.05, 4.69) is 38.1 Å². The number of hydrogen-bond acceptors (Lipinski definition) is 3. The molecule has 0 bridgehead atoms. The summed E-state index contributed by atoms with van der Waals surface area (Å²) < 4.78 is 0.752. The molecule has 1 aromatic rings. The summed E-state index contributed by atoms with van der Waals surface area (Å²) in [4.78, 5) is 8.09. The zero-order valence-corrected chi connectivity index (χ0v) is 11.6. The van der Waals surface area contributed by atoms with Gasteiger partial charge in [-0.1, -0.05) is 24.9 Å². The Kier molecular flexibility index (Phi) is 3.70. The zero-order valence-electron chi connectivity index (χ0n) is 9.26. The first-order chi connectivity index (χ1) is 7.67. The second-order valence-corrected chi connectivity index (χ2v) is 5.54. The largest absolute Gasteiger partial charge is 0.368 e. The topological polar surface area (TPSA) is 37.8 Å². The van der Waals surface area contributed by atoms with Gasteiger partial charge >= 0.3 is 0 Å². The Morgan fingerprint density at radius 1 is 1.50 bits per heavy atom. The molecule has 1 aliphatic rings. The first-order valence-electron chi connectivity index (χ1n) is 5.57. The Morgan fingerprint density at radius 2 is 2.25 bits per heavy atom. The van der Waals surface area contributed by atoms with Crippen molar-refractivity contribution in [2.75, 3.05) is 11.9 Å². The maximum atomic E-state index is 5.91. The van der Waals surface area contributed by atoms with Gasteiger partial charge in [0, 0.05) is 6.54 Å².